The summed E-state index contributed by atoms with van der Waals surface area (Å²) in [5, 5.41) is 0.215. The smallest absolute Gasteiger partial charge is 0.242 e. The van der Waals surface area contributed by atoms with Crippen LogP contribution in [0.2, 0.25) is 5.02 Å². The van der Waals surface area contributed by atoms with Gasteiger partial charge in [0.15, 0.2) is 0 Å². The number of likely N-dealkylation sites (N-methyl/N-ethyl adjacent to an activating group) is 1. The fourth-order valence-electron chi connectivity index (χ4n) is 1.82. The summed E-state index contributed by atoms with van der Waals surface area (Å²) in [7, 11) is -3.58. The van der Waals surface area contributed by atoms with Crippen molar-refractivity contribution in [3.05, 3.63) is 29.3 Å². The number of benzene rings is 1. The van der Waals surface area contributed by atoms with Crippen molar-refractivity contribution in [2.75, 3.05) is 39.4 Å². The molecule has 5 nitrogen and oxygen atoms in total. The van der Waals surface area contributed by atoms with Crippen LogP contribution in [-0.4, -0.2) is 52.7 Å². The van der Waals surface area contributed by atoms with E-state index in [2.05, 4.69) is 23.5 Å². The molecule has 120 valence electrons. The Morgan fingerprint density at radius 2 is 1.86 bits per heavy atom. The zero-order chi connectivity index (χ0) is 15.7. The zero-order valence-electron chi connectivity index (χ0n) is 12.5. The number of hydrogen-bond acceptors (Lipinski definition) is 4. The first-order valence-corrected chi connectivity index (χ1v) is 8.91. The lowest BCUT2D eigenvalue weighted by atomic mass is 10.4. The summed E-state index contributed by atoms with van der Waals surface area (Å²) in [4.78, 5) is 2.34. The van der Waals surface area contributed by atoms with Gasteiger partial charge in [0, 0.05) is 13.1 Å². The number of rotatable bonds is 10. The molecule has 0 amide bonds. The molecule has 7 heteroatoms. The molecule has 0 aliphatic carbocycles. The van der Waals surface area contributed by atoms with Crippen molar-refractivity contribution in [1.82, 2.24) is 9.62 Å². The number of nitrogens with one attached hydrogen (secondary N) is 1. The van der Waals surface area contributed by atoms with Gasteiger partial charge in [-0.05, 0) is 25.2 Å². The molecular formula is C14H23ClN2O3S. The van der Waals surface area contributed by atoms with Gasteiger partial charge in [0.2, 0.25) is 10.0 Å². The van der Waals surface area contributed by atoms with Crippen LogP contribution in [-0.2, 0) is 14.8 Å². The van der Waals surface area contributed by atoms with Gasteiger partial charge < -0.3 is 9.64 Å². The molecule has 1 N–H and O–H groups in total. The van der Waals surface area contributed by atoms with E-state index in [1.807, 2.05) is 0 Å². The molecule has 1 rings (SSSR count). The third kappa shape index (κ3) is 6.32. The molecule has 0 bridgehead atoms. The van der Waals surface area contributed by atoms with E-state index in [0.717, 1.165) is 19.6 Å². The Hall–Kier alpha value is -0.660. The topological polar surface area (TPSA) is 58.6 Å². The highest BCUT2D eigenvalue weighted by Gasteiger charge is 2.16. The minimum Gasteiger partial charge on any atom is -0.379 e. The molecule has 0 saturated heterocycles. The highest BCUT2D eigenvalue weighted by molar-refractivity contribution is 7.89. The van der Waals surface area contributed by atoms with Crippen LogP contribution >= 0.6 is 11.6 Å². The average molecular weight is 335 g/mol. The van der Waals surface area contributed by atoms with Crippen molar-refractivity contribution in [3.63, 3.8) is 0 Å². The first kappa shape index (κ1) is 18.4. The van der Waals surface area contributed by atoms with E-state index >= 15 is 0 Å². The summed E-state index contributed by atoms with van der Waals surface area (Å²) in [6.45, 7) is 8.18. The van der Waals surface area contributed by atoms with E-state index < -0.39 is 10.0 Å². The monoisotopic (exact) mass is 334 g/mol. The first-order chi connectivity index (χ1) is 10.0. The molecule has 21 heavy (non-hydrogen) atoms. The van der Waals surface area contributed by atoms with Crippen LogP contribution in [0.3, 0.4) is 0 Å². The van der Waals surface area contributed by atoms with Crippen LogP contribution in [0.5, 0.6) is 0 Å². The van der Waals surface area contributed by atoms with Gasteiger partial charge in [0.25, 0.3) is 0 Å². The Morgan fingerprint density at radius 3 is 2.48 bits per heavy atom. The molecule has 0 aliphatic heterocycles. The molecule has 1 aromatic rings. The van der Waals surface area contributed by atoms with E-state index in [1.165, 1.54) is 6.07 Å². The molecule has 1 aromatic carbocycles. The molecule has 0 radical (unpaired) electrons. The highest BCUT2D eigenvalue weighted by Crippen LogP contribution is 2.19. The molecular weight excluding hydrogens is 312 g/mol. The largest absolute Gasteiger partial charge is 0.379 e. The van der Waals surface area contributed by atoms with Crippen molar-refractivity contribution < 1.29 is 13.2 Å². The maximum absolute atomic E-state index is 12.0. The maximum Gasteiger partial charge on any atom is 0.242 e. The Bertz CT molecular complexity index is 519. The second kappa shape index (κ2) is 9.38. The van der Waals surface area contributed by atoms with Crippen LogP contribution in [0.1, 0.15) is 13.8 Å². The molecule has 0 fully saturated rings. The van der Waals surface area contributed by atoms with Gasteiger partial charge in [-0.2, -0.15) is 0 Å². The molecule has 0 unspecified atom stereocenters. The third-order valence-corrected chi connectivity index (χ3v) is 5.07. The number of hydrogen-bond donors (Lipinski definition) is 1. The summed E-state index contributed by atoms with van der Waals surface area (Å²) in [6.07, 6.45) is 0. The first-order valence-electron chi connectivity index (χ1n) is 7.05. The fraction of sp³-hybridized carbons (Fsp3) is 0.571. The fourth-order valence-corrected chi connectivity index (χ4v) is 3.35. The Kier molecular flexibility index (Phi) is 8.21. The lowest BCUT2D eigenvalue weighted by Gasteiger charge is -2.17. The molecule has 0 aliphatic rings. The Labute approximate surface area is 132 Å². The van der Waals surface area contributed by atoms with Crippen LogP contribution in [0.25, 0.3) is 0 Å². The van der Waals surface area contributed by atoms with Crippen molar-refractivity contribution in [2.24, 2.45) is 0 Å². The Morgan fingerprint density at radius 1 is 1.19 bits per heavy atom. The summed E-state index contributed by atoms with van der Waals surface area (Å²) >= 11 is 5.88. The molecule has 0 saturated carbocycles. The summed E-state index contributed by atoms with van der Waals surface area (Å²) in [5.74, 6) is 0. The predicted octanol–water partition coefficient (Wildman–Crippen LogP) is 1.98. The van der Waals surface area contributed by atoms with Crippen molar-refractivity contribution in [2.45, 2.75) is 18.7 Å². The predicted molar refractivity (Wildman–Crippen MR) is 85.2 cm³/mol. The lowest BCUT2D eigenvalue weighted by molar-refractivity contribution is 0.111. The van der Waals surface area contributed by atoms with Gasteiger partial charge in [0.05, 0.1) is 18.2 Å². The molecule has 0 heterocycles. The third-order valence-electron chi connectivity index (χ3n) is 3.11. The van der Waals surface area contributed by atoms with E-state index in [4.69, 9.17) is 16.3 Å². The molecule has 0 atom stereocenters. The second-order valence-corrected chi connectivity index (χ2v) is 6.61. The quantitative estimate of drug-likeness (QED) is 0.665. The summed E-state index contributed by atoms with van der Waals surface area (Å²) in [6, 6.07) is 6.36. The highest BCUT2D eigenvalue weighted by atomic mass is 35.5. The second-order valence-electron chi connectivity index (χ2n) is 4.47. The standard InChI is InChI=1S/C14H23ClN2O3S/c1-3-17(4-2)10-12-20-11-9-16-21(18,19)14-8-6-5-7-13(14)15/h5-8,16H,3-4,9-12H2,1-2H3. The normalized spacial score (nSPS) is 12.0. The van der Waals surface area contributed by atoms with Gasteiger partial charge in [-0.25, -0.2) is 13.1 Å². The number of sulfonamides is 1. The maximum atomic E-state index is 12.0. The van der Waals surface area contributed by atoms with Crippen molar-refractivity contribution in [1.29, 1.82) is 0 Å². The van der Waals surface area contributed by atoms with Crippen molar-refractivity contribution >= 4 is 21.6 Å². The van der Waals surface area contributed by atoms with Crippen LogP contribution in [0.4, 0.5) is 0 Å². The molecule has 0 aromatic heterocycles. The van der Waals surface area contributed by atoms with E-state index in [0.29, 0.717) is 13.2 Å². The van der Waals surface area contributed by atoms with Crippen LogP contribution < -0.4 is 4.72 Å². The zero-order valence-corrected chi connectivity index (χ0v) is 14.1. The minimum absolute atomic E-state index is 0.0924. The van der Waals surface area contributed by atoms with Gasteiger partial charge in [0.1, 0.15) is 4.90 Å². The Balaban J connectivity index is 2.31. The average Bonchev–Trinajstić information content (AvgIpc) is 2.47. The van der Waals surface area contributed by atoms with E-state index in [-0.39, 0.29) is 16.5 Å². The molecule has 0 spiro atoms. The van der Waals surface area contributed by atoms with E-state index in [1.54, 1.807) is 18.2 Å². The lowest BCUT2D eigenvalue weighted by Crippen LogP contribution is -2.30. The summed E-state index contributed by atoms with van der Waals surface area (Å²) in [5.41, 5.74) is 0. The number of halogens is 1. The van der Waals surface area contributed by atoms with Crippen LogP contribution in [0, 0.1) is 0 Å². The summed E-state index contributed by atoms with van der Waals surface area (Å²) < 4.78 is 32.0. The van der Waals surface area contributed by atoms with E-state index in [9.17, 15) is 8.42 Å². The van der Waals surface area contributed by atoms with Gasteiger partial charge >= 0.3 is 0 Å². The SMILES string of the molecule is CCN(CC)CCOCCNS(=O)(=O)c1ccccc1Cl. The van der Waals surface area contributed by atoms with Crippen LogP contribution in [0.15, 0.2) is 29.2 Å². The number of nitrogens with zero attached hydrogens (tertiary/aromatic N) is 1. The van der Waals surface area contributed by atoms with Gasteiger partial charge in [-0.15, -0.1) is 0 Å². The number of ether oxygens (including phenoxy) is 1. The minimum atomic E-state index is -3.58. The van der Waals surface area contributed by atoms with Gasteiger partial charge in [-0.1, -0.05) is 37.6 Å². The van der Waals surface area contributed by atoms with Gasteiger partial charge in [-0.3, -0.25) is 0 Å². The van der Waals surface area contributed by atoms with Crippen molar-refractivity contribution in [3.8, 4) is 0 Å².